The zero-order valence-corrected chi connectivity index (χ0v) is 7.48. The van der Waals surface area contributed by atoms with Gasteiger partial charge in [-0.3, -0.25) is 0 Å². The Labute approximate surface area is 79.5 Å². The average molecular weight is 192 g/mol. The molecular formula is C9H8N2O3. The van der Waals surface area contributed by atoms with Crippen LogP contribution >= 0.6 is 0 Å². The molecule has 0 saturated carbocycles. The maximum Gasteiger partial charge on any atom is 0.337 e. The minimum absolute atomic E-state index is 0.0852. The second kappa shape index (κ2) is 3.02. The Morgan fingerprint density at radius 1 is 1.57 bits per heavy atom. The Morgan fingerprint density at radius 2 is 2.36 bits per heavy atom. The van der Waals surface area contributed by atoms with E-state index in [1.165, 1.54) is 7.11 Å². The lowest BCUT2D eigenvalue weighted by Gasteiger charge is -1.96. The molecule has 0 aliphatic carbocycles. The number of carbonyl (C=O) groups is 1. The highest BCUT2D eigenvalue weighted by molar-refractivity contribution is 5.93. The van der Waals surface area contributed by atoms with Gasteiger partial charge in [-0.1, -0.05) is 0 Å². The van der Waals surface area contributed by atoms with Crippen LogP contribution in [-0.4, -0.2) is 18.1 Å². The first-order chi connectivity index (χ1) is 6.70. The van der Waals surface area contributed by atoms with Gasteiger partial charge in [0.05, 0.1) is 12.7 Å². The summed E-state index contributed by atoms with van der Waals surface area (Å²) >= 11 is 0. The zero-order valence-electron chi connectivity index (χ0n) is 7.48. The van der Waals surface area contributed by atoms with Crippen LogP contribution in [0.1, 0.15) is 10.4 Å². The number of aromatic nitrogens is 1. The number of nitrogens with two attached hydrogens (primary N) is 1. The zero-order chi connectivity index (χ0) is 10.1. The summed E-state index contributed by atoms with van der Waals surface area (Å²) in [6, 6.07) is 4.88. The van der Waals surface area contributed by atoms with Crippen LogP contribution in [0.5, 0.6) is 0 Å². The lowest BCUT2D eigenvalue weighted by Crippen LogP contribution is -2.00. The van der Waals surface area contributed by atoms with Gasteiger partial charge in [-0.2, -0.15) is 4.98 Å². The third-order valence-corrected chi connectivity index (χ3v) is 1.83. The van der Waals surface area contributed by atoms with Crippen molar-refractivity contribution in [2.45, 2.75) is 0 Å². The minimum atomic E-state index is -0.409. The lowest BCUT2D eigenvalue weighted by molar-refractivity contribution is 0.0601. The van der Waals surface area contributed by atoms with E-state index >= 15 is 0 Å². The fourth-order valence-electron chi connectivity index (χ4n) is 1.19. The quantitative estimate of drug-likeness (QED) is 0.686. The van der Waals surface area contributed by atoms with E-state index in [2.05, 4.69) is 9.72 Å². The summed E-state index contributed by atoms with van der Waals surface area (Å²) in [5, 5.41) is 0. The summed E-state index contributed by atoms with van der Waals surface area (Å²) < 4.78 is 9.61. The number of nitrogen functional groups attached to an aromatic ring is 1. The van der Waals surface area contributed by atoms with Crippen molar-refractivity contribution < 1.29 is 13.9 Å². The number of ether oxygens (including phenoxy) is 1. The predicted molar refractivity (Wildman–Crippen MR) is 49.8 cm³/mol. The maximum absolute atomic E-state index is 11.2. The van der Waals surface area contributed by atoms with E-state index in [9.17, 15) is 4.79 Å². The number of anilines is 1. The molecule has 0 amide bonds. The molecule has 1 heterocycles. The van der Waals surface area contributed by atoms with Crippen molar-refractivity contribution in [1.29, 1.82) is 0 Å². The van der Waals surface area contributed by atoms with Crippen LogP contribution in [0.4, 0.5) is 6.01 Å². The van der Waals surface area contributed by atoms with Crippen molar-refractivity contribution in [2.75, 3.05) is 12.8 Å². The molecule has 0 aliphatic heterocycles. The number of rotatable bonds is 1. The second-order valence-electron chi connectivity index (χ2n) is 2.73. The standard InChI is InChI=1S/C9H8N2O3/c1-13-8(12)5-2-3-7-6(4-5)11-9(10)14-7/h2-4H,1H3,(H2,10,11). The molecule has 0 unspecified atom stereocenters. The topological polar surface area (TPSA) is 78.3 Å². The monoisotopic (exact) mass is 192 g/mol. The van der Waals surface area contributed by atoms with Gasteiger partial charge in [0.15, 0.2) is 5.58 Å². The molecule has 5 heteroatoms. The molecule has 0 aliphatic rings. The Balaban J connectivity index is 2.55. The number of methoxy groups -OCH3 is 1. The fraction of sp³-hybridized carbons (Fsp3) is 0.111. The Bertz CT molecular complexity index is 490. The second-order valence-corrected chi connectivity index (χ2v) is 2.73. The van der Waals surface area contributed by atoms with Crippen molar-refractivity contribution >= 4 is 23.1 Å². The van der Waals surface area contributed by atoms with Gasteiger partial charge in [0.2, 0.25) is 0 Å². The number of benzene rings is 1. The van der Waals surface area contributed by atoms with E-state index in [0.29, 0.717) is 16.7 Å². The van der Waals surface area contributed by atoms with Crippen LogP contribution in [-0.2, 0) is 4.74 Å². The van der Waals surface area contributed by atoms with E-state index in [1.54, 1.807) is 18.2 Å². The molecular weight excluding hydrogens is 184 g/mol. The van der Waals surface area contributed by atoms with Crippen LogP contribution in [0.2, 0.25) is 0 Å². The third-order valence-electron chi connectivity index (χ3n) is 1.83. The predicted octanol–water partition coefficient (Wildman–Crippen LogP) is 1.20. The largest absolute Gasteiger partial charge is 0.465 e. The number of esters is 1. The lowest BCUT2D eigenvalue weighted by atomic mass is 10.2. The molecule has 0 bridgehead atoms. The van der Waals surface area contributed by atoms with Gasteiger partial charge in [0.1, 0.15) is 5.52 Å². The molecule has 72 valence electrons. The highest BCUT2D eigenvalue weighted by Crippen LogP contribution is 2.18. The molecule has 1 aromatic carbocycles. The molecule has 0 fully saturated rings. The molecule has 5 nitrogen and oxygen atoms in total. The number of oxazole rings is 1. The van der Waals surface area contributed by atoms with Crippen LogP contribution in [0.15, 0.2) is 22.6 Å². The van der Waals surface area contributed by atoms with E-state index in [0.717, 1.165) is 0 Å². The fourth-order valence-corrected chi connectivity index (χ4v) is 1.19. The number of carbonyl (C=O) groups excluding carboxylic acids is 1. The molecule has 2 N–H and O–H groups in total. The van der Waals surface area contributed by atoms with Crippen molar-refractivity contribution in [1.82, 2.24) is 4.98 Å². The van der Waals surface area contributed by atoms with Gasteiger partial charge < -0.3 is 14.9 Å². The minimum Gasteiger partial charge on any atom is -0.465 e. The first-order valence-electron chi connectivity index (χ1n) is 3.95. The normalized spacial score (nSPS) is 10.4. The highest BCUT2D eigenvalue weighted by Gasteiger charge is 2.08. The number of nitrogens with zero attached hydrogens (tertiary/aromatic N) is 1. The van der Waals surface area contributed by atoms with E-state index < -0.39 is 5.97 Å². The molecule has 0 atom stereocenters. The SMILES string of the molecule is COC(=O)c1ccc2oc(N)nc2c1. The Hall–Kier alpha value is -2.04. The summed E-state index contributed by atoms with van der Waals surface area (Å²) in [6.45, 7) is 0. The smallest absolute Gasteiger partial charge is 0.337 e. The molecule has 2 aromatic rings. The summed E-state index contributed by atoms with van der Waals surface area (Å²) in [5.41, 5.74) is 6.88. The van der Waals surface area contributed by atoms with Gasteiger partial charge in [-0.25, -0.2) is 4.79 Å². The van der Waals surface area contributed by atoms with Crippen molar-refractivity contribution in [3.8, 4) is 0 Å². The van der Waals surface area contributed by atoms with Crippen LogP contribution < -0.4 is 5.73 Å². The molecule has 2 rings (SSSR count). The Morgan fingerprint density at radius 3 is 3.07 bits per heavy atom. The van der Waals surface area contributed by atoms with Gasteiger partial charge in [-0.15, -0.1) is 0 Å². The Kier molecular flexibility index (Phi) is 1.85. The van der Waals surface area contributed by atoms with Gasteiger partial charge >= 0.3 is 5.97 Å². The van der Waals surface area contributed by atoms with E-state index in [-0.39, 0.29) is 6.01 Å². The van der Waals surface area contributed by atoms with Gasteiger partial charge in [0.25, 0.3) is 6.01 Å². The maximum atomic E-state index is 11.2. The highest BCUT2D eigenvalue weighted by atomic mass is 16.5. The summed E-state index contributed by atoms with van der Waals surface area (Å²) in [6.07, 6.45) is 0. The third kappa shape index (κ3) is 1.28. The number of fused-ring (bicyclic) bond motifs is 1. The molecule has 0 saturated heterocycles. The van der Waals surface area contributed by atoms with Gasteiger partial charge in [-0.05, 0) is 18.2 Å². The van der Waals surface area contributed by atoms with Crippen molar-refractivity contribution in [3.05, 3.63) is 23.8 Å². The van der Waals surface area contributed by atoms with Crippen molar-refractivity contribution in [2.24, 2.45) is 0 Å². The van der Waals surface area contributed by atoms with Crippen LogP contribution in [0.25, 0.3) is 11.1 Å². The van der Waals surface area contributed by atoms with Gasteiger partial charge in [0, 0.05) is 0 Å². The molecule has 0 spiro atoms. The molecule has 0 radical (unpaired) electrons. The van der Waals surface area contributed by atoms with Crippen LogP contribution in [0, 0.1) is 0 Å². The van der Waals surface area contributed by atoms with E-state index in [1.807, 2.05) is 0 Å². The summed E-state index contributed by atoms with van der Waals surface area (Å²) in [7, 11) is 1.32. The van der Waals surface area contributed by atoms with E-state index in [4.69, 9.17) is 10.2 Å². The molecule has 14 heavy (non-hydrogen) atoms. The number of hydrogen-bond donors (Lipinski definition) is 1. The average Bonchev–Trinajstić information content (AvgIpc) is 2.55. The summed E-state index contributed by atoms with van der Waals surface area (Å²) in [5.74, 6) is -0.409. The first kappa shape index (κ1) is 8.55. The summed E-state index contributed by atoms with van der Waals surface area (Å²) in [4.78, 5) is 15.0. The van der Waals surface area contributed by atoms with Crippen LogP contribution in [0.3, 0.4) is 0 Å². The number of hydrogen-bond acceptors (Lipinski definition) is 5. The van der Waals surface area contributed by atoms with Crippen molar-refractivity contribution in [3.63, 3.8) is 0 Å². The first-order valence-corrected chi connectivity index (χ1v) is 3.95. The molecule has 1 aromatic heterocycles.